The summed E-state index contributed by atoms with van der Waals surface area (Å²) in [4.78, 5) is 18.9. The molecule has 1 aromatic heterocycles. The van der Waals surface area contributed by atoms with Gasteiger partial charge in [-0.3, -0.25) is 4.79 Å². The first-order chi connectivity index (χ1) is 14.0. The van der Waals surface area contributed by atoms with E-state index in [1.54, 1.807) is 12.1 Å². The molecule has 5 nitrogen and oxygen atoms in total. The number of hydrogen-bond donors (Lipinski definition) is 1. The minimum atomic E-state index is -0.0335. The minimum Gasteiger partial charge on any atom is -0.486 e. The molecule has 1 amide bonds. The summed E-state index contributed by atoms with van der Waals surface area (Å²) in [5, 5.41) is 6.40. The predicted molar refractivity (Wildman–Crippen MR) is 119 cm³/mol. The van der Waals surface area contributed by atoms with E-state index in [1.165, 1.54) is 11.3 Å². The molecule has 1 heterocycles. The van der Waals surface area contributed by atoms with Gasteiger partial charge in [0, 0.05) is 35.7 Å². The van der Waals surface area contributed by atoms with Crippen LogP contribution in [0.15, 0.2) is 60.0 Å². The van der Waals surface area contributed by atoms with E-state index in [0.717, 1.165) is 22.1 Å². The maximum atomic E-state index is 12.3. The maximum absolute atomic E-state index is 12.3. The number of amides is 1. The van der Waals surface area contributed by atoms with Crippen molar-refractivity contribution in [2.45, 2.75) is 26.0 Å². The fraction of sp³-hybridized carbons (Fsp3) is 0.273. The van der Waals surface area contributed by atoms with Gasteiger partial charge in [-0.25, -0.2) is 4.98 Å². The lowest BCUT2D eigenvalue weighted by Crippen LogP contribution is -2.40. The van der Waals surface area contributed by atoms with E-state index in [1.807, 2.05) is 42.8 Å². The zero-order chi connectivity index (χ0) is 20.6. The summed E-state index contributed by atoms with van der Waals surface area (Å²) in [5.41, 5.74) is 1.88. The van der Waals surface area contributed by atoms with Crippen LogP contribution in [-0.4, -0.2) is 30.5 Å². The molecular weight excluding hydrogens is 406 g/mol. The van der Waals surface area contributed by atoms with Crippen molar-refractivity contribution in [3.05, 3.63) is 75.7 Å². The predicted octanol–water partition coefficient (Wildman–Crippen LogP) is 4.56. The second kappa shape index (κ2) is 10.3. The van der Waals surface area contributed by atoms with Crippen molar-refractivity contribution in [3.8, 4) is 5.75 Å². The van der Waals surface area contributed by atoms with Crippen molar-refractivity contribution in [1.82, 2.24) is 10.3 Å². The summed E-state index contributed by atoms with van der Waals surface area (Å²) in [6, 6.07) is 17.5. The SMILES string of the molecule is CC(CNC(=O)Cc1csc(COc2ccc(Cl)cc2)n1)N(C)c1ccccc1. The number of hydrogen-bond acceptors (Lipinski definition) is 5. The van der Waals surface area contributed by atoms with Gasteiger partial charge in [-0.15, -0.1) is 11.3 Å². The smallest absolute Gasteiger partial charge is 0.226 e. The summed E-state index contributed by atoms with van der Waals surface area (Å²) in [5.74, 6) is 0.703. The molecule has 7 heteroatoms. The van der Waals surface area contributed by atoms with Gasteiger partial charge < -0.3 is 15.0 Å². The van der Waals surface area contributed by atoms with Crippen molar-refractivity contribution in [2.24, 2.45) is 0 Å². The molecule has 0 bridgehead atoms. The van der Waals surface area contributed by atoms with Crippen molar-refractivity contribution in [2.75, 3.05) is 18.5 Å². The number of nitrogens with one attached hydrogen (secondary N) is 1. The Morgan fingerprint density at radius 1 is 1.21 bits per heavy atom. The average Bonchev–Trinajstić information content (AvgIpc) is 3.19. The van der Waals surface area contributed by atoms with E-state index >= 15 is 0 Å². The molecule has 1 unspecified atom stereocenters. The highest BCUT2D eigenvalue weighted by molar-refractivity contribution is 7.09. The molecule has 1 N–H and O–H groups in total. The van der Waals surface area contributed by atoms with Crippen molar-refractivity contribution in [3.63, 3.8) is 0 Å². The van der Waals surface area contributed by atoms with E-state index in [9.17, 15) is 4.79 Å². The van der Waals surface area contributed by atoms with Crippen LogP contribution in [0.2, 0.25) is 5.02 Å². The monoisotopic (exact) mass is 429 g/mol. The highest BCUT2D eigenvalue weighted by Gasteiger charge is 2.13. The minimum absolute atomic E-state index is 0.0335. The summed E-state index contributed by atoms with van der Waals surface area (Å²) in [6.07, 6.45) is 0.263. The molecule has 3 rings (SSSR count). The van der Waals surface area contributed by atoms with Crippen LogP contribution in [0.4, 0.5) is 5.69 Å². The van der Waals surface area contributed by atoms with E-state index in [2.05, 4.69) is 34.3 Å². The Morgan fingerprint density at radius 3 is 2.66 bits per heavy atom. The van der Waals surface area contributed by atoms with Crippen LogP contribution >= 0.6 is 22.9 Å². The molecule has 0 aliphatic heterocycles. The molecule has 0 saturated heterocycles. The van der Waals surface area contributed by atoms with Gasteiger partial charge in [-0.05, 0) is 43.3 Å². The second-order valence-corrected chi connectivity index (χ2v) is 8.13. The van der Waals surface area contributed by atoms with Gasteiger partial charge in [0.1, 0.15) is 17.4 Å². The first kappa shape index (κ1) is 21.1. The van der Waals surface area contributed by atoms with Crippen LogP contribution in [0.3, 0.4) is 0 Å². The fourth-order valence-corrected chi connectivity index (χ4v) is 3.55. The van der Waals surface area contributed by atoms with Crippen LogP contribution in [0, 0.1) is 0 Å². The van der Waals surface area contributed by atoms with Gasteiger partial charge in [0.05, 0.1) is 12.1 Å². The number of thiazole rings is 1. The number of nitrogens with zero attached hydrogens (tertiary/aromatic N) is 2. The number of benzene rings is 2. The van der Waals surface area contributed by atoms with Gasteiger partial charge in [0.25, 0.3) is 0 Å². The number of carbonyl (C=O) groups is 1. The standard InChI is InChI=1S/C22H24ClN3O2S/c1-16(26(2)19-6-4-3-5-7-19)13-24-21(27)12-18-15-29-22(25-18)14-28-20-10-8-17(23)9-11-20/h3-11,15-16H,12-14H2,1-2H3,(H,24,27). The number of rotatable bonds is 9. The lowest BCUT2D eigenvalue weighted by molar-refractivity contribution is -0.120. The summed E-state index contributed by atoms with van der Waals surface area (Å²) >= 11 is 7.36. The van der Waals surface area contributed by atoms with Crippen molar-refractivity contribution < 1.29 is 9.53 Å². The Bertz CT molecular complexity index is 915. The number of likely N-dealkylation sites (N-methyl/N-ethyl adjacent to an activating group) is 1. The quantitative estimate of drug-likeness (QED) is 0.541. The second-order valence-electron chi connectivity index (χ2n) is 6.75. The number of aromatic nitrogens is 1. The van der Waals surface area contributed by atoms with E-state index in [0.29, 0.717) is 18.2 Å². The Morgan fingerprint density at radius 2 is 1.93 bits per heavy atom. The number of para-hydroxylation sites is 1. The number of carbonyl (C=O) groups excluding carboxylic acids is 1. The average molecular weight is 430 g/mol. The van der Waals surface area contributed by atoms with Gasteiger partial charge in [-0.1, -0.05) is 29.8 Å². The highest BCUT2D eigenvalue weighted by Crippen LogP contribution is 2.18. The molecule has 0 saturated carbocycles. The number of anilines is 1. The molecule has 0 fully saturated rings. The van der Waals surface area contributed by atoms with E-state index < -0.39 is 0 Å². The molecule has 0 spiro atoms. The van der Waals surface area contributed by atoms with Crippen molar-refractivity contribution >= 4 is 34.5 Å². The lowest BCUT2D eigenvalue weighted by atomic mass is 10.2. The molecular formula is C22H24ClN3O2S. The normalized spacial score (nSPS) is 11.7. The van der Waals surface area contributed by atoms with Crippen LogP contribution in [-0.2, 0) is 17.8 Å². The van der Waals surface area contributed by atoms with Gasteiger partial charge in [0.2, 0.25) is 5.91 Å². The third kappa shape index (κ3) is 6.48. The number of ether oxygens (including phenoxy) is 1. The third-order valence-electron chi connectivity index (χ3n) is 4.54. The van der Waals surface area contributed by atoms with Crippen LogP contribution < -0.4 is 15.0 Å². The molecule has 29 heavy (non-hydrogen) atoms. The molecule has 2 aromatic carbocycles. The zero-order valence-corrected chi connectivity index (χ0v) is 18.0. The summed E-state index contributed by atoms with van der Waals surface area (Å²) < 4.78 is 5.70. The van der Waals surface area contributed by atoms with Crippen molar-refractivity contribution in [1.29, 1.82) is 0 Å². The molecule has 0 radical (unpaired) electrons. The van der Waals surface area contributed by atoms with Gasteiger partial charge >= 0.3 is 0 Å². The Kier molecular flexibility index (Phi) is 7.49. The van der Waals surface area contributed by atoms with Gasteiger partial charge in [0.15, 0.2) is 0 Å². The lowest BCUT2D eigenvalue weighted by Gasteiger charge is -2.27. The highest BCUT2D eigenvalue weighted by atomic mass is 35.5. The summed E-state index contributed by atoms with van der Waals surface area (Å²) in [6.45, 7) is 3.02. The zero-order valence-electron chi connectivity index (χ0n) is 16.5. The Balaban J connectivity index is 1.43. The Hall–Kier alpha value is -2.57. The van der Waals surface area contributed by atoms with Crippen LogP contribution in [0.5, 0.6) is 5.75 Å². The molecule has 0 aliphatic rings. The maximum Gasteiger partial charge on any atom is 0.226 e. The molecule has 3 aromatic rings. The molecule has 1 atom stereocenters. The molecule has 0 aliphatic carbocycles. The first-order valence-corrected chi connectivity index (χ1v) is 10.6. The van der Waals surface area contributed by atoms with Crippen LogP contribution in [0.25, 0.3) is 0 Å². The Labute approximate surface area is 180 Å². The third-order valence-corrected chi connectivity index (χ3v) is 5.66. The first-order valence-electron chi connectivity index (χ1n) is 9.37. The largest absolute Gasteiger partial charge is 0.486 e. The summed E-state index contributed by atoms with van der Waals surface area (Å²) in [7, 11) is 2.03. The van der Waals surface area contributed by atoms with E-state index in [-0.39, 0.29) is 18.4 Å². The van der Waals surface area contributed by atoms with E-state index in [4.69, 9.17) is 16.3 Å². The van der Waals surface area contributed by atoms with Crippen LogP contribution in [0.1, 0.15) is 17.6 Å². The fourth-order valence-electron chi connectivity index (χ4n) is 2.72. The topological polar surface area (TPSA) is 54.5 Å². The van der Waals surface area contributed by atoms with Gasteiger partial charge in [-0.2, -0.15) is 0 Å². The molecule has 152 valence electrons. The number of halogens is 1.